The highest BCUT2D eigenvalue weighted by molar-refractivity contribution is 9.10. The van der Waals surface area contributed by atoms with Crippen molar-refractivity contribution in [1.82, 2.24) is 10.2 Å². The summed E-state index contributed by atoms with van der Waals surface area (Å²) in [6.45, 7) is 0. The SMILES string of the molecule is Nc1cc(-c2cc(C(=O)O)[nH]n2)ccc1Br. The molecule has 0 bridgehead atoms. The Morgan fingerprint density at radius 2 is 2.19 bits per heavy atom. The third-order valence-corrected chi connectivity index (χ3v) is 2.82. The zero-order valence-corrected chi connectivity index (χ0v) is 9.65. The maximum Gasteiger partial charge on any atom is 0.353 e. The molecule has 0 radical (unpaired) electrons. The normalized spacial score (nSPS) is 10.3. The van der Waals surface area contributed by atoms with Crippen LogP contribution in [0.1, 0.15) is 10.5 Å². The van der Waals surface area contributed by atoms with Gasteiger partial charge < -0.3 is 10.8 Å². The number of nitrogens with two attached hydrogens (primary N) is 1. The van der Waals surface area contributed by atoms with Crippen molar-refractivity contribution < 1.29 is 9.90 Å². The summed E-state index contributed by atoms with van der Waals surface area (Å²) in [6, 6.07) is 6.79. The average molecular weight is 282 g/mol. The fourth-order valence-electron chi connectivity index (χ4n) is 1.28. The van der Waals surface area contributed by atoms with Gasteiger partial charge in [0.05, 0.1) is 5.69 Å². The largest absolute Gasteiger partial charge is 0.477 e. The fraction of sp³-hybridized carbons (Fsp3) is 0. The molecule has 0 aliphatic rings. The number of rotatable bonds is 2. The number of hydrogen-bond acceptors (Lipinski definition) is 3. The summed E-state index contributed by atoms with van der Waals surface area (Å²) in [7, 11) is 0. The molecule has 0 amide bonds. The quantitative estimate of drug-likeness (QED) is 0.735. The number of aromatic carboxylic acids is 1. The second-order valence-corrected chi connectivity index (χ2v) is 4.06. The molecule has 0 spiro atoms. The number of nitrogens with zero attached hydrogens (tertiary/aromatic N) is 1. The number of nitrogen functional groups attached to an aromatic ring is 1. The molecule has 0 fully saturated rings. The Morgan fingerprint density at radius 3 is 2.75 bits per heavy atom. The summed E-state index contributed by atoms with van der Waals surface area (Å²) in [5.74, 6) is -1.04. The number of carboxylic acid groups (broad SMARTS) is 1. The van der Waals surface area contributed by atoms with Crippen molar-refractivity contribution in [2.45, 2.75) is 0 Å². The number of carboxylic acids is 1. The van der Waals surface area contributed by atoms with Gasteiger partial charge in [0.25, 0.3) is 0 Å². The molecule has 82 valence electrons. The van der Waals surface area contributed by atoms with E-state index in [4.69, 9.17) is 10.8 Å². The van der Waals surface area contributed by atoms with Crippen molar-refractivity contribution in [3.63, 3.8) is 0 Å². The molecule has 0 saturated carbocycles. The van der Waals surface area contributed by atoms with E-state index in [9.17, 15) is 4.79 Å². The highest BCUT2D eigenvalue weighted by Crippen LogP contribution is 2.26. The zero-order chi connectivity index (χ0) is 11.7. The maximum atomic E-state index is 10.7. The van der Waals surface area contributed by atoms with Crippen molar-refractivity contribution in [1.29, 1.82) is 0 Å². The smallest absolute Gasteiger partial charge is 0.353 e. The van der Waals surface area contributed by atoms with Gasteiger partial charge in [0.15, 0.2) is 0 Å². The maximum absolute atomic E-state index is 10.7. The summed E-state index contributed by atoms with van der Waals surface area (Å²) in [5, 5.41) is 15.1. The molecule has 0 unspecified atom stereocenters. The summed E-state index contributed by atoms with van der Waals surface area (Å²) in [4.78, 5) is 10.7. The fourth-order valence-corrected chi connectivity index (χ4v) is 1.53. The number of aromatic amines is 1. The van der Waals surface area contributed by atoms with E-state index in [0.29, 0.717) is 11.4 Å². The van der Waals surface area contributed by atoms with Crippen molar-refractivity contribution in [3.05, 3.63) is 34.4 Å². The molecule has 16 heavy (non-hydrogen) atoms. The van der Waals surface area contributed by atoms with Crippen molar-refractivity contribution in [2.75, 3.05) is 5.73 Å². The Morgan fingerprint density at radius 1 is 1.44 bits per heavy atom. The third kappa shape index (κ3) is 1.92. The predicted octanol–water partition coefficient (Wildman–Crippen LogP) is 2.12. The number of anilines is 1. The van der Waals surface area contributed by atoms with Gasteiger partial charge in [-0.1, -0.05) is 6.07 Å². The van der Waals surface area contributed by atoms with E-state index >= 15 is 0 Å². The molecule has 1 aromatic heterocycles. The minimum Gasteiger partial charge on any atom is -0.477 e. The monoisotopic (exact) mass is 281 g/mol. The van der Waals surface area contributed by atoms with E-state index in [-0.39, 0.29) is 5.69 Å². The first-order chi connectivity index (χ1) is 7.58. The van der Waals surface area contributed by atoms with Crippen LogP contribution in [0.15, 0.2) is 28.7 Å². The van der Waals surface area contributed by atoms with E-state index in [1.165, 1.54) is 6.07 Å². The van der Waals surface area contributed by atoms with Gasteiger partial charge >= 0.3 is 5.97 Å². The highest BCUT2D eigenvalue weighted by Gasteiger charge is 2.09. The Hall–Kier alpha value is -1.82. The number of nitrogens with one attached hydrogen (secondary N) is 1. The molecule has 5 nitrogen and oxygen atoms in total. The molecule has 4 N–H and O–H groups in total. The molecule has 6 heteroatoms. The lowest BCUT2D eigenvalue weighted by atomic mass is 10.1. The van der Waals surface area contributed by atoms with Gasteiger partial charge in [-0.2, -0.15) is 5.10 Å². The average Bonchev–Trinajstić information content (AvgIpc) is 2.71. The minimum atomic E-state index is -1.04. The topological polar surface area (TPSA) is 92.0 Å². The van der Waals surface area contributed by atoms with Crippen LogP contribution in [0.3, 0.4) is 0 Å². The summed E-state index contributed by atoms with van der Waals surface area (Å²) < 4.78 is 0.797. The molecular weight excluding hydrogens is 274 g/mol. The lowest BCUT2D eigenvalue weighted by Gasteiger charge is -2.00. The van der Waals surface area contributed by atoms with E-state index < -0.39 is 5.97 Å². The van der Waals surface area contributed by atoms with Crippen LogP contribution in [0.5, 0.6) is 0 Å². The van der Waals surface area contributed by atoms with Crippen LogP contribution in [0.4, 0.5) is 5.69 Å². The molecule has 0 aliphatic heterocycles. The molecule has 2 aromatic rings. The number of carbonyl (C=O) groups is 1. The number of hydrogen-bond donors (Lipinski definition) is 3. The number of benzene rings is 1. The van der Waals surface area contributed by atoms with Crippen LogP contribution in [0, 0.1) is 0 Å². The molecule has 1 aromatic carbocycles. The molecular formula is C10H8BrN3O2. The van der Waals surface area contributed by atoms with Gasteiger partial charge in [0.1, 0.15) is 5.69 Å². The molecule has 0 saturated heterocycles. The Balaban J connectivity index is 2.42. The van der Waals surface area contributed by atoms with Crippen molar-refractivity contribution >= 4 is 27.6 Å². The first-order valence-corrected chi connectivity index (χ1v) is 5.21. The number of halogens is 1. The first-order valence-electron chi connectivity index (χ1n) is 4.42. The Kier molecular flexibility index (Phi) is 2.66. The lowest BCUT2D eigenvalue weighted by molar-refractivity contribution is 0.0690. The number of H-pyrrole nitrogens is 1. The van der Waals surface area contributed by atoms with Crippen LogP contribution < -0.4 is 5.73 Å². The Bertz CT molecular complexity index is 551. The molecule has 1 heterocycles. The predicted molar refractivity (Wildman–Crippen MR) is 63.1 cm³/mol. The third-order valence-electron chi connectivity index (χ3n) is 2.10. The van der Waals surface area contributed by atoms with Crippen molar-refractivity contribution in [3.8, 4) is 11.3 Å². The standard InChI is InChI=1S/C10H8BrN3O2/c11-6-2-1-5(3-7(6)12)8-4-9(10(15)16)14-13-8/h1-4H,12H2,(H,13,14)(H,15,16). The Labute approximate surface area is 99.4 Å². The zero-order valence-electron chi connectivity index (χ0n) is 8.07. The van der Waals surface area contributed by atoms with Gasteiger partial charge in [-0.05, 0) is 34.1 Å². The lowest BCUT2D eigenvalue weighted by Crippen LogP contribution is -1.95. The molecule has 2 rings (SSSR count). The van der Waals surface area contributed by atoms with Crippen LogP contribution >= 0.6 is 15.9 Å². The van der Waals surface area contributed by atoms with E-state index in [1.54, 1.807) is 12.1 Å². The van der Waals surface area contributed by atoms with Crippen LogP contribution in [0.2, 0.25) is 0 Å². The minimum absolute atomic E-state index is 0.0523. The number of aromatic nitrogens is 2. The van der Waals surface area contributed by atoms with Gasteiger partial charge in [0.2, 0.25) is 0 Å². The van der Waals surface area contributed by atoms with Gasteiger partial charge in [-0.25, -0.2) is 4.79 Å². The van der Waals surface area contributed by atoms with Gasteiger partial charge in [0, 0.05) is 15.7 Å². The van der Waals surface area contributed by atoms with Gasteiger partial charge in [-0.15, -0.1) is 0 Å². The van der Waals surface area contributed by atoms with E-state index in [0.717, 1.165) is 10.0 Å². The summed E-state index contributed by atoms with van der Waals surface area (Å²) >= 11 is 3.28. The van der Waals surface area contributed by atoms with E-state index in [2.05, 4.69) is 26.1 Å². The van der Waals surface area contributed by atoms with Crippen LogP contribution in [-0.4, -0.2) is 21.3 Å². The van der Waals surface area contributed by atoms with E-state index in [1.807, 2.05) is 6.07 Å². The van der Waals surface area contributed by atoms with Crippen LogP contribution in [-0.2, 0) is 0 Å². The summed E-state index contributed by atoms with van der Waals surface area (Å²) in [5.41, 5.74) is 7.68. The second kappa shape index (κ2) is 3.97. The second-order valence-electron chi connectivity index (χ2n) is 3.21. The van der Waals surface area contributed by atoms with Crippen LogP contribution in [0.25, 0.3) is 11.3 Å². The molecule has 0 aliphatic carbocycles. The van der Waals surface area contributed by atoms with Crippen molar-refractivity contribution in [2.24, 2.45) is 0 Å². The molecule has 0 atom stereocenters. The highest BCUT2D eigenvalue weighted by atomic mass is 79.9. The summed E-state index contributed by atoms with van der Waals surface area (Å²) in [6.07, 6.45) is 0. The van der Waals surface area contributed by atoms with Gasteiger partial charge in [-0.3, -0.25) is 5.10 Å². The first kappa shape index (κ1) is 10.7.